The molecule has 0 unspecified atom stereocenters. The molecule has 6 heteroatoms. The molecule has 1 atom stereocenters. The average molecular weight is 255 g/mol. The molecule has 1 aliphatic carbocycles. The summed E-state index contributed by atoms with van der Waals surface area (Å²) in [5, 5.41) is 15.0. The van der Waals surface area contributed by atoms with Gasteiger partial charge in [0.1, 0.15) is 6.04 Å². The minimum atomic E-state index is -0.928. The maximum Gasteiger partial charge on any atom is 0.326 e. The molecule has 2 rings (SSSR count). The van der Waals surface area contributed by atoms with Crippen molar-refractivity contribution >= 4 is 12.0 Å². The Kier molecular flexibility index (Phi) is 4.41. The van der Waals surface area contributed by atoms with Crippen LogP contribution in [0.1, 0.15) is 25.7 Å². The van der Waals surface area contributed by atoms with Crippen LogP contribution in [0.25, 0.3) is 0 Å². The number of nitrogens with zero attached hydrogens (tertiary/aromatic N) is 1. The first-order valence-corrected chi connectivity index (χ1v) is 6.66. The average Bonchev–Trinajstić information content (AvgIpc) is 3.14. The summed E-state index contributed by atoms with van der Waals surface area (Å²) < 4.78 is 0. The van der Waals surface area contributed by atoms with Crippen molar-refractivity contribution in [1.29, 1.82) is 0 Å². The number of hydrogen-bond acceptors (Lipinski definition) is 3. The van der Waals surface area contributed by atoms with Crippen molar-refractivity contribution in [3.8, 4) is 0 Å². The fourth-order valence-corrected chi connectivity index (χ4v) is 2.20. The van der Waals surface area contributed by atoms with Crippen LogP contribution in [-0.2, 0) is 4.79 Å². The molecule has 6 nitrogen and oxygen atoms in total. The number of urea groups is 1. The van der Waals surface area contributed by atoms with E-state index in [-0.39, 0.29) is 6.03 Å². The maximum atomic E-state index is 12.0. The second kappa shape index (κ2) is 6.04. The molecule has 2 amide bonds. The van der Waals surface area contributed by atoms with Gasteiger partial charge in [-0.15, -0.1) is 0 Å². The van der Waals surface area contributed by atoms with Gasteiger partial charge in [0.05, 0.1) is 0 Å². The number of aliphatic carboxylic acids is 1. The molecule has 0 spiro atoms. The van der Waals surface area contributed by atoms with E-state index in [1.807, 2.05) is 0 Å². The van der Waals surface area contributed by atoms with Crippen molar-refractivity contribution in [2.45, 2.75) is 31.7 Å². The van der Waals surface area contributed by atoms with Crippen LogP contribution in [0.3, 0.4) is 0 Å². The highest BCUT2D eigenvalue weighted by Gasteiger charge is 2.31. The molecule has 0 aromatic carbocycles. The monoisotopic (exact) mass is 255 g/mol. The quantitative estimate of drug-likeness (QED) is 0.672. The third kappa shape index (κ3) is 3.87. The Bertz CT molecular complexity index is 310. The number of rotatable bonds is 4. The summed E-state index contributed by atoms with van der Waals surface area (Å²) in [5.41, 5.74) is 0. The lowest BCUT2D eigenvalue weighted by atomic mass is 10.1. The minimum Gasteiger partial charge on any atom is -0.480 e. The molecular weight excluding hydrogens is 234 g/mol. The van der Waals surface area contributed by atoms with Crippen LogP contribution in [0.15, 0.2) is 0 Å². The van der Waals surface area contributed by atoms with Crippen LogP contribution >= 0.6 is 0 Å². The van der Waals surface area contributed by atoms with E-state index in [2.05, 4.69) is 10.6 Å². The first-order valence-electron chi connectivity index (χ1n) is 6.66. The van der Waals surface area contributed by atoms with Crippen LogP contribution in [0.4, 0.5) is 4.79 Å². The second-order valence-corrected chi connectivity index (χ2v) is 5.11. The molecule has 1 saturated carbocycles. The molecule has 1 aliphatic heterocycles. The lowest BCUT2D eigenvalue weighted by Crippen LogP contribution is -2.49. The fraction of sp³-hybridized carbons (Fsp3) is 0.833. The van der Waals surface area contributed by atoms with Gasteiger partial charge in [0.25, 0.3) is 0 Å². The Hall–Kier alpha value is -1.30. The van der Waals surface area contributed by atoms with Crippen molar-refractivity contribution in [3.05, 3.63) is 0 Å². The van der Waals surface area contributed by atoms with E-state index >= 15 is 0 Å². The van der Waals surface area contributed by atoms with Gasteiger partial charge < -0.3 is 20.6 Å². The van der Waals surface area contributed by atoms with Gasteiger partial charge in [-0.3, -0.25) is 0 Å². The molecule has 0 radical (unpaired) electrons. The van der Waals surface area contributed by atoms with E-state index in [9.17, 15) is 9.59 Å². The van der Waals surface area contributed by atoms with Gasteiger partial charge in [0, 0.05) is 19.6 Å². The van der Waals surface area contributed by atoms with Crippen LogP contribution < -0.4 is 10.6 Å². The number of hydrogen-bond donors (Lipinski definition) is 3. The van der Waals surface area contributed by atoms with E-state index < -0.39 is 12.0 Å². The van der Waals surface area contributed by atoms with Crippen molar-refractivity contribution < 1.29 is 14.7 Å². The van der Waals surface area contributed by atoms with Crippen LogP contribution in [0.5, 0.6) is 0 Å². The molecular formula is C12H21N3O3. The normalized spacial score (nSPS) is 22.1. The third-order valence-corrected chi connectivity index (χ3v) is 3.49. The summed E-state index contributed by atoms with van der Waals surface area (Å²) >= 11 is 0. The minimum absolute atomic E-state index is 0.244. The van der Waals surface area contributed by atoms with E-state index in [0.29, 0.717) is 25.4 Å². The highest BCUT2D eigenvalue weighted by Crippen LogP contribution is 2.33. The van der Waals surface area contributed by atoms with Gasteiger partial charge in [0.15, 0.2) is 0 Å². The summed E-state index contributed by atoms with van der Waals surface area (Å²) in [6.45, 7) is 3.01. The zero-order valence-electron chi connectivity index (χ0n) is 10.5. The van der Waals surface area contributed by atoms with Gasteiger partial charge in [0.2, 0.25) is 0 Å². The Morgan fingerprint density at radius 2 is 2.11 bits per heavy atom. The molecule has 1 saturated heterocycles. The van der Waals surface area contributed by atoms with E-state index in [1.54, 1.807) is 4.90 Å². The number of carbonyl (C=O) groups excluding carboxylic acids is 1. The Labute approximate surface area is 107 Å². The lowest BCUT2D eigenvalue weighted by molar-refractivity contribution is -0.139. The third-order valence-electron chi connectivity index (χ3n) is 3.49. The fourth-order valence-electron chi connectivity index (χ4n) is 2.20. The molecule has 2 fully saturated rings. The predicted octanol–water partition coefficient (Wildman–Crippen LogP) is 0.245. The molecule has 0 bridgehead atoms. The molecule has 3 N–H and O–H groups in total. The largest absolute Gasteiger partial charge is 0.480 e. The van der Waals surface area contributed by atoms with Gasteiger partial charge in [-0.2, -0.15) is 0 Å². The first kappa shape index (κ1) is 13.1. The first-order chi connectivity index (χ1) is 8.66. The van der Waals surface area contributed by atoms with Crippen LogP contribution in [0.2, 0.25) is 0 Å². The van der Waals surface area contributed by atoms with Crippen molar-refractivity contribution in [1.82, 2.24) is 15.5 Å². The van der Waals surface area contributed by atoms with Crippen molar-refractivity contribution in [2.24, 2.45) is 5.92 Å². The molecule has 1 heterocycles. The van der Waals surface area contributed by atoms with Crippen molar-refractivity contribution in [2.75, 3.05) is 26.2 Å². The van der Waals surface area contributed by atoms with Crippen LogP contribution in [-0.4, -0.2) is 54.2 Å². The molecule has 102 valence electrons. The lowest BCUT2D eigenvalue weighted by Gasteiger charge is -2.23. The van der Waals surface area contributed by atoms with Gasteiger partial charge in [-0.1, -0.05) is 12.8 Å². The summed E-state index contributed by atoms with van der Waals surface area (Å²) in [4.78, 5) is 24.8. The zero-order valence-corrected chi connectivity index (χ0v) is 10.5. The number of carboxylic acid groups (broad SMARTS) is 1. The SMILES string of the molecule is O=C(O)[C@H](CC1CC1)NC(=O)N1CCCNCC1. The number of amides is 2. The molecule has 0 aromatic heterocycles. The topological polar surface area (TPSA) is 81.7 Å². The van der Waals surface area contributed by atoms with E-state index in [0.717, 1.165) is 32.4 Å². The molecule has 18 heavy (non-hydrogen) atoms. The van der Waals surface area contributed by atoms with E-state index in [1.165, 1.54) is 0 Å². The summed E-state index contributed by atoms with van der Waals surface area (Å²) in [6, 6.07) is -0.979. The van der Waals surface area contributed by atoms with Crippen molar-refractivity contribution in [3.63, 3.8) is 0 Å². The second-order valence-electron chi connectivity index (χ2n) is 5.11. The number of carbonyl (C=O) groups is 2. The van der Waals surface area contributed by atoms with Gasteiger partial charge in [-0.25, -0.2) is 9.59 Å². The number of nitrogens with one attached hydrogen (secondary N) is 2. The predicted molar refractivity (Wildman–Crippen MR) is 66.4 cm³/mol. The zero-order chi connectivity index (χ0) is 13.0. The Balaban J connectivity index is 1.84. The van der Waals surface area contributed by atoms with E-state index in [4.69, 9.17) is 5.11 Å². The molecule has 2 aliphatic rings. The summed E-state index contributed by atoms with van der Waals surface area (Å²) in [5.74, 6) is -0.444. The standard InChI is InChI=1S/C12H21N3O3/c16-11(17)10(8-9-2-3-9)14-12(18)15-6-1-4-13-5-7-15/h9-10,13H,1-8H2,(H,14,18)(H,16,17)/t10-/m0/s1. The highest BCUT2D eigenvalue weighted by atomic mass is 16.4. The summed E-state index contributed by atoms with van der Waals surface area (Å²) in [6.07, 6.45) is 3.65. The Morgan fingerprint density at radius 1 is 1.33 bits per heavy atom. The molecule has 0 aromatic rings. The number of carboxylic acids is 1. The van der Waals surface area contributed by atoms with Gasteiger partial charge in [-0.05, 0) is 25.3 Å². The maximum absolute atomic E-state index is 12.0. The summed E-state index contributed by atoms with van der Waals surface area (Å²) in [7, 11) is 0. The van der Waals surface area contributed by atoms with Gasteiger partial charge >= 0.3 is 12.0 Å². The highest BCUT2D eigenvalue weighted by molar-refractivity contribution is 5.82. The smallest absolute Gasteiger partial charge is 0.326 e. The Morgan fingerprint density at radius 3 is 2.78 bits per heavy atom. The van der Waals surface area contributed by atoms with Crippen LogP contribution in [0, 0.1) is 5.92 Å².